The number of carbonyl (C=O) groups is 1. The van der Waals surface area contributed by atoms with Gasteiger partial charge in [-0.2, -0.15) is 0 Å². The van der Waals surface area contributed by atoms with E-state index in [0.717, 1.165) is 0 Å². The van der Waals surface area contributed by atoms with E-state index in [-0.39, 0.29) is 12.5 Å². The number of amides is 1. The Morgan fingerprint density at radius 1 is 1.40 bits per heavy atom. The lowest BCUT2D eigenvalue weighted by Gasteiger charge is -2.25. The summed E-state index contributed by atoms with van der Waals surface area (Å²) in [5, 5.41) is 11.7. The molecular weight excluding hydrogens is 254 g/mol. The summed E-state index contributed by atoms with van der Waals surface area (Å²) in [7, 11) is 1.60. The quantitative estimate of drug-likeness (QED) is 0.802. The fraction of sp³-hybridized carbons (Fsp3) is 0.438. The van der Waals surface area contributed by atoms with Crippen LogP contribution >= 0.6 is 0 Å². The second kappa shape index (κ2) is 7.68. The van der Waals surface area contributed by atoms with Crippen LogP contribution in [0.25, 0.3) is 0 Å². The predicted molar refractivity (Wildman–Crippen MR) is 78.4 cm³/mol. The summed E-state index contributed by atoms with van der Waals surface area (Å²) in [6, 6.07) is 7.17. The molecular formula is C16H21NO3. The average Bonchev–Trinajstić information content (AvgIpc) is 2.38. The third-order valence-electron chi connectivity index (χ3n) is 2.59. The van der Waals surface area contributed by atoms with Gasteiger partial charge in [0.25, 0.3) is 5.91 Å². The Kier molecular flexibility index (Phi) is 6.23. The zero-order valence-corrected chi connectivity index (χ0v) is 12.2. The summed E-state index contributed by atoms with van der Waals surface area (Å²) in [4.78, 5) is 12.3. The van der Waals surface area contributed by atoms with Crippen LogP contribution in [-0.4, -0.2) is 36.9 Å². The summed E-state index contributed by atoms with van der Waals surface area (Å²) in [6.07, 6.45) is 0.394. The zero-order chi connectivity index (χ0) is 15.0. The summed E-state index contributed by atoms with van der Waals surface area (Å²) < 4.78 is 5.08. The minimum atomic E-state index is -0.447. The molecule has 4 heteroatoms. The third kappa shape index (κ3) is 5.04. The lowest BCUT2D eigenvalue weighted by Crippen LogP contribution is -2.46. The zero-order valence-electron chi connectivity index (χ0n) is 12.2. The maximum Gasteiger partial charge on any atom is 0.253 e. The van der Waals surface area contributed by atoms with Crippen molar-refractivity contribution < 1.29 is 14.6 Å². The van der Waals surface area contributed by atoms with Gasteiger partial charge < -0.3 is 15.2 Å². The van der Waals surface area contributed by atoms with E-state index < -0.39 is 5.54 Å². The first kappa shape index (κ1) is 16.2. The molecule has 0 aliphatic rings. The summed E-state index contributed by atoms with van der Waals surface area (Å²) in [5.41, 5.74) is 0.742. The largest absolute Gasteiger partial charge is 0.395 e. The van der Waals surface area contributed by atoms with E-state index in [1.54, 1.807) is 25.3 Å². The molecule has 20 heavy (non-hydrogen) atoms. The van der Waals surface area contributed by atoms with Crippen LogP contribution in [0.15, 0.2) is 24.3 Å². The molecule has 1 amide bonds. The van der Waals surface area contributed by atoms with Crippen molar-refractivity contribution in [2.45, 2.75) is 25.8 Å². The van der Waals surface area contributed by atoms with Gasteiger partial charge in [0.1, 0.15) is 0 Å². The minimum absolute atomic E-state index is 0.0161. The molecule has 0 saturated heterocycles. The number of aliphatic hydroxyl groups is 1. The molecule has 0 atom stereocenters. The SMILES string of the molecule is COCC(C)(C)NC(=O)c1ccccc1C#CCCO. The van der Waals surface area contributed by atoms with Crippen LogP contribution in [0.1, 0.15) is 36.2 Å². The van der Waals surface area contributed by atoms with Crippen molar-refractivity contribution in [3.63, 3.8) is 0 Å². The minimum Gasteiger partial charge on any atom is -0.395 e. The van der Waals surface area contributed by atoms with Crippen LogP contribution in [0, 0.1) is 11.8 Å². The molecule has 1 aromatic rings. The van der Waals surface area contributed by atoms with Gasteiger partial charge in [0.15, 0.2) is 0 Å². The highest BCUT2D eigenvalue weighted by atomic mass is 16.5. The molecule has 0 aliphatic carbocycles. The van der Waals surface area contributed by atoms with Gasteiger partial charge in [-0.3, -0.25) is 4.79 Å². The molecule has 1 aromatic carbocycles. The third-order valence-corrected chi connectivity index (χ3v) is 2.59. The second-order valence-electron chi connectivity index (χ2n) is 5.09. The van der Waals surface area contributed by atoms with Crippen molar-refractivity contribution >= 4 is 5.91 Å². The molecule has 0 saturated carbocycles. The van der Waals surface area contributed by atoms with E-state index >= 15 is 0 Å². The molecule has 0 spiro atoms. The van der Waals surface area contributed by atoms with Crippen LogP contribution in [0.4, 0.5) is 0 Å². The number of methoxy groups -OCH3 is 1. The monoisotopic (exact) mass is 275 g/mol. The lowest BCUT2D eigenvalue weighted by molar-refractivity contribution is 0.0820. The lowest BCUT2D eigenvalue weighted by atomic mass is 10.0. The van der Waals surface area contributed by atoms with Gasteiger partial charge in [0, 0.05) is 19.1 Å². The number of nitrogens with one attached hydrogen (secondary N) is 1. The molecule has 2 N–H and O–H groups in total. The molecule has 108 valence electrons. The topological polar surface area (TPSA) is 58.6 Å². The normalized spacial score (nSPS) is 10.6. The molecule has 0 bridgehead atoms. The van der Waals surface area contributed by atoms with Crippen molar-refractivity contribution in [1.82, 2.24) is 5.32 Å². The Labute approximate surface area is 120 Å². The van der Waals surface area contributed by atoms with E-state index in [0.29, 0.717) is 24.2 Å². The van der Waals surface area contributed by atoms with E-state index in [1.165, 1.54) is 0 Å². The first-order valence-electron chi connectivity index (χ1n) is 6.50. The molecule has 1 rings (SSSR count). The first-order chi connectivity index (χ1) is 9.50. The van der Waals surface area contributed by atoms with Gasteiger partial charge in [0.05, 0.1) is 24.3 Å². The van der Waals surface area contributed by atoms with E-state index in [9.17, 15) is 4.79 Å². The average molecular weight is 275 g/mol. The van der Waals surface area contributed by atoms with Crippen molar-refractivity contribution in [3.8, 4) is 11.8 Å². The maximum absolute atomic E-state index is 12.3. The van der Waals surface area contributed by atoms with E-state index in [4.69, 9.17) is 9.84 Å². The standard InChI is InChI=1S/C16H21NO3/c1-16(2,12-20-3)17-15(19)14-10-5-4-8-13(14)9-6-7-11-18/h4-5,8,10,18H,7,11-12H2,1-3H3,(H,17,19). The number of rotatable bonds is 5. The fourth-order valence-electron chi connectivity index (χ4n) is 1.78. The highest BCUT2D eigenvalue weighted by molar-refractivity contribution is 5.97. The second-order valence-corrected chi connectivity index (χ2v) is 5.09. The van der Waals surface area contributed by atoms with Crippen LogP contribution in [-0.2, 0) is 4.74 Å². The number of aliphatic hydroxyl groups excluding tert-OH is 1. The maximum atomic E-state index is 12.3. The Bertz CT molecular complexity index is 512. The Morgan fingerprint density at radius 2 is 2.10 bits per heavy atom. The molecule has 0 unspecified atom stereocenters. The van der Waals surface area contributed by atoms with E-state index in [2.05, 4.69) is 17.2 Å². The molecule has 0 radical (unpaired) electrons. The van der Waals surface area contributed by atoms with Crippen molar-refractivity contribution in [1.29, 1.82) is 0 Å². The number of ether oxygens (including phenoxy) is 1. The van der Waals surface area contributed by atoms with Gasteiger partial charge in [-0.15, -0.1) is 0 Å². The first-order valence-corrected chi connectivity index (χ1v) is 6.50. The highest BCUT2D eigenvalue weighted by Crippen LogP contribution is 2.10. The smallest absolute Gasteiger partial charge is 0.253 e. The van der Waals surface area contributed by atoms with Crippen molar-refractivity contribution in [3.05, 3.63) is 35.4 Å². The van der Waals surface area contributed by atoms with Gasteiger partial charge in [-0.05, 0) is 26.0 Å². The Balaban J connectivity index is 2.91. The molecule has 0 aliphatic heterocycles. The van der Waals surface area contributed by atoms with Crippen LogP contribution < -0.4 is 5.32 Å². The van der Waals surface area contributed by atoms with Crippen LogP contribution in [0.5, 0.6) is 0 Å². The van der Waals surface area contributed by atoms with Gasteiger partial charge in [-0.25, -0.2) is 0 Å². The number of carbonyl (C=O) groups excluding carboxylic acids is 1. The predicted octanol–water partition coefficient (Wildman–Crippen LogP) is 1.58. The van der Waals surface area contributed by atoms with E-state index in [1.807, 2.05) is 19.9 Å². The van der Waals surface area contributed by atoms with Crippen molar-refractivity contribution in [2.75, 3.05) is 20.3 Å². The van der Waals surface area contributed by atoms with Gasteiger partial charge >= 0.3 is 0 Å². The van der Waals surface area contributed by atoms with Crippen LogP contribution in [0.3, 0.4) is 0 Å². The molecule has 0 heterocycles. The highest BCUT2D eigenvalue weighted by Gasteiger charge is 2.21. The number of benzene rings is 1. The van der Waals surface area contributed by atoms with Crippen molar-refractivity contribution in [2.24, 2.45) is 0 Å². The summed E-state index contributed by atoms with van der Waals surface area (Å²) >= 11 is 0. The fourth-order valence-corrected chi connectivity index (χ4v) is 1.78. The van der Waals surface area contributed by atoms with Gasteiger partial charge in [-0.1, -0.05) is 24.0 Å². The molecule has 0 aromatic heterocycles. The summed E-state index contributed by atoms with van der Waals surface area (Å²) in [5.74, 6) is 5.56. The number of hydrogen-bond acceptors (Lipinski definition) is 3. The van der Waals surface area contributed by atoms with Crippen LogP contribution in [0.2, 0.25) is 0 Å². The Hall–Kier alpha value is -1.83. The molecule has 4 nitrogen and oxygen atoms in total. The van der Waals surface area contributed by atoms with Gasteiger partial charge in [0.2, 0.25) is 0 Å². The molecule has 0 fully saturated rings. The summed E-state index contributed by atoms with van der Waals surface area (Å²) in [6.45, 7) is 4.24. The Morgan fingerprint density at radius 3 is 2.75 bits per heavy atom. The number of hydrogen-bond donors (Lipinski definition) is 2.